The van der Waals surface area contributed by atoms with Crippen LogP contribution in [0, 0.1) is 6.92 Å². The number of ether oxygens (including phenoxy) is 2. The summed E-state index contributed by atoms with van der Waals surface area (Å²) in [6.45, 7) is 1.78. The Bertz CT molecular complexity index is 1240. The maximum Gasteiger partial charge on any atom is 0.295 e. The van der Waals surface area contributed by atoms with Crippen LogP contribution in [0.5, 0.6) is 11.5 Å². The SMILES string of the molecule is COc1ccc(C2=NO[C@@H](C(=O)Nc3c(C)n(C)n(-c4ccccc4)c3=O)C2)cc1OC. The van der Waals surface area contributed by atoms with Crippen LogP contribution in [0.2, 0.25) is 0 Å². The van der Waals surface area contributed by atoms with E-state index in [9.17, 15) is 9.59 Å². The van der Waals surface area contributed by atoms with Crippen LogP contribution in [0.4, 0.5) is 5.69 Å². The third-order valence-electron chi connectivity index (χ3n) is 5.48. The van der Waals surface area contributed by atoms with E-state index in [4.69, 9.17) is 14.3 Å². The highest BCUT2D eigenvalue weighted by molar-refractivity contribution is 6.06. The van der Waals surface area contributed by atoms with Crippen molar-refractivity contribution in [2.24, 2.45) is 12.2 Å². The Morgan fingerprint density at radius 1 is 1.12 bits per heavy atom. The number of anilines is 1. The number of benzene rings is 2. The number of amides is 1. The van der Waals surface area contributed by atoms with Gasteiger partial charge in [0.25, 0.3) is 11.5 Å². The van der Waals surface area contributed by atoms with Crippen molar-refractivity contribution >= 4 is 17.3 Å². The van der Waals surface area contributed by atoms with E-state index in [0.29, 0.717) is 28.6 Å². The zero-order chi connectivity index (χ0) is 22.8. The summed E-state index contributed by atoms with van der Waals surface area (Å²) in [5.41, 5.74) is 2.61. The lowest BCUT2D eigenvalue weighted by Gasteiger charge is -2.10. The zero-order valence-electron chi connectivity index (χ0n) is 18.3. The van der Waals surface area contributed by atoms with Crippen molar-refractivity contribution in [2.45, 2.75) is 19.4 Å². The van der Waals surface area contributed by atoms with Crippen molar-refractivity contribution in [3.63, 3.8) is 0 Å². The summed E-state index contributed by atoms with van der Waals surface area (Å²) in [6, 6.07) is 14.6. The molecule has 3 aromatic rings. The van der Waals surface area contributed by atoms with Crippen molar-refractivity contribution in [1.82, 2.24) is 9.36 Å². The van der Waals surface area contributed by atoms with Crippen molar-refractivity contribution in [1.29, 1.82) is 0 Å². The Hall–Kier alpha value is -4.01. The summed E-state index contributed by atoms with van der Waals surface area (Å²) < 4.78 is 13.8. The second-order valence-electron chi connectivity index (χ2n) is 7.33. The minimum absolute atomic E-state index is 0.213. The van der Waals surface area contributed by atoms with Gasteiger partial charge in [-0.3, -0.25) is 14.3 Å². The Kier molecular flexibility index (Phi) is 5.72. The fourth-order valence-corrected chi connectivity index (χ4v) is 3.62. The first-order valence-corrected chi connectivity index (χ1v) is 10.0. The molecule has 4 rings (SSSR count). The van der Waals surface area contributed by atoms with Crippen molar-refractivity contribution in [3.05, 3.63) is 70.1 Å². The predicted molar refractivity (Wildman–Crippen MR) is 120 cm³/mol. The molecule has 2 heterocycles. The largest absolute Gasteiger partial charge is 0.493 e. The lowest BCUT2D eigenvalue weighted by molar-refractivity contribution is -0.125. The predicted octanol–water partition coefficient (Wildman–Crippen LogP) is 2.63. The molecule has 1 amide bonds. The van der Waals surface area contributed by atoms with Gasteiger partial charge in [0, 0.05) is 19.0 Å². The molecule has 9 nitrogen and oxygen atoms in total. The summed E-state index contributed by atoms with van der Waals surface area (Å²) in [4.78, 5) is 31.2. The first kappa shape index (κ1) is 21.2. The fraction of sp³-hybridized carbons (Fsp3) is 0.261. The van der Waals surface area contributed by atoms with E-state index in [0.717, 1.165) is 5.56 Å². The molecule has 0 fully saturated rings. The Morgan fingerprint density at radius 2 is 1.84 bits per heavy atom. The van der Waals surface area contributed by atoms with E-state index >= 15 is 0 Å². The number of carbonyl (C=O) groups excluding carboxylic acids is 1. The second kappa shape index (κ2) is 8.62. The molecule has 0 aliphatic carbocycles. The first-order valence-electron chi connectivity index (χ1n) is 10.0. The molecule has 0 bridgehead atoms. The van der Waals surface area contributed by atoms with Gasteiger partial charge in [-0.05, 0) is 37.3 Å². The number of carbonyl (C=O) groups is 1. The third kappa shape index (κ3) is 3.73. The standard InChI is InChI=1S/C23H24N4O5/c1-14-21(23(29)27(26(14)2)16-8-6-5-7-9-16)24-22(28)20-13-17(25-32-20)15-10-11-18(30-3)19(12-15)31-4/h5-12,20H,13H2,1-4H3,(H,24,28)/t20-/m1/s1. The van der Waals surface area contributed by atoms with Crippen molar-refractivity contribution in [2.75, 3.05) is 19.5 Å². The van der Waals surface area contributed by atoms with E-state index in [1.165, 1.54) is 4.68 Å². The molecule has 1 aliphatic heterocycles. The average molecular weight is 436 g/mol. The summed E-state index contributed by atoms with van der Waals surface area (Å²) in [5, 5.41) is 6.80. The third-order valence-corrected chi connectivity index (χ3v) is 5.48. The molecule has 9 heteroatoms. The molecule has 0 unspecified atom stereocenters. The maximum absolute atomic E-state index is 13.0. The number of oxime groups is 1. The van der Waals surface area contributed by atoms with Gasteiger partial charge in [0.2, 0.25) is 6.10 Å². The highest BCUT2D eigenvalue weighted by Crippen LogP contribution is 2.29. The average Bonchev–Trinajstić information content (AvgIpc) is 3.39. The quantitative estimate of drug-likeness (QED) is 0.641. The highest BCUT2D eigenvalue weighted by atomic mass is 16.6. The van der Waals surface area contributed by atoms with Crippen LogP contribution in [0.15, 0.2) is 58.5 Å². The molecular formula is C23H24N4O5. The van der Waals surface area contributed by atoms with Gasteiger partial charge in [0.1, 0.15) is 5.69 Å². The normalized spacial score (nSPS) is 15.1. The molecule has 2 aromatic carbocycles. The molecule has 1 atom stereocenters. The smallest absolute Gasteiger partial charge is 0.295 e. The number of methoxy groups -OCH3 is 2. The second-order valence-corrected chi connectivity index (χ2v) is 7.33. The summed E-state index contributed by atoms with van der Waals surface area (Å²) in [5.74, 6) is 0.719. The number of para-hydroxylation sites is 1. The van der Waals surface area contributed by atoms with Gasteiger partial charge in [-0.25, -0.2) is 4.68 Å². The minimum Gasteiger partial charge on any atom is -0.493 e. The Balaban J connectivity index is 1.52. The molecule has 0 spiro atoms. The molecule has 0 saturated heterocycles. The molecule has 166 valence electrons. The zero-order valence-corrected chi connectivity index (χ0v) is 18.3. The van der Waals surface area contributed by atoms with Crippen LogP contribution < -0.4 is 20.3 Å². The molecule has 0 saturated carbocycles. The number of aromatic nitrogens is 2. The topological polar surface area (TPSA) is 96.1 Å². The van der Waals surface area contributed by atoms with Gasteiger partial charge < -0.3 is 19.6 Å². The van der Waals surface area contributed by atoms with E-state index in [1.54, 1.807) is 45.0 Å². The maximum atomic E-state index is 13.0. The molecule has 1 N–H and O–H groups in total. The van der Waals surface area contributed by atoms with E-state index in [1.807, 2.05) is 36.4 Å². The molecule has 32 heavy (non-hydrogen) atoms. The van der Waals surface area contributed by atoms with Gasteiger partial charge >= 0.3 is 0 Å². The number of nitrogens with zero attached hydrogens (tertiary/aromatic N) is 3. The number of nitrogens with one attached hydrogen (secondary N) is 1. The van der Waals surface area contributed by atoms with Gasteiger partial charge in [-0.2, -0.15) is 0 Å². The van der Waals surface area contributed by atoms with Crippen LogP contribution in [0.25, 0.3) is 5.69 Å². The first-order chi connectivity index (χ1) is 15.4. The molecular weight excluding hydrogens is 412 g/mol. The van der Waals surface area contributed by atoms with E-state index in [-0.39, 0.29) is 17.7 Å². The number of rotatable bonds is 6. The van der Waals surface area contributed by atoms with Crippen LogP contribution in [0.3, 0.4) is 0 Å². The van der Waals surface area contributed by atoms with Gasteiger partial charge in [-0.1, -0.05) is 23.4 Å². The summed E-state index contributed by atoms with van der Waals surface area (Å²) in [6.07, 6.45) is -0.581. The number of hydrogen-bond donors (Lipinski definition) is 1. The van der Waals surface area contributed by atoms with Crippen LogP contribution >= 0.6 is 0 Å². The van der Waals surface area contributed by atoms with Gasteiger partial charge in [-0.15, -0.1) is 0 Å². The van der Waals surface area contributed by atoms with Crippen LogP contribution in [-0.2, 0) is 16.7 Å². The lowest BCUT2D eigenvalue weighted by Crippen LogP contribution is -2.30. The Labute approximate surface area is 184 Å². The molecule has 0 radical (unpaired) electrons. The van der Waals surface area contributed by atoms with E-state index < -0.39 is 12.0 Å². The Morgan fingerprint density at radius 3 is 2.53 bits per heavy atom. The van der Waals surface area contributed by atoms with Gasteiger partial charge in [0.15, 0.2) is 11.5 Å². The molecule has 1 aromatic heterocycles. The fourth-order valence-electron chi connectivity index (χ4n) is 3.62. The summed E-state index contributed by atoms with van der Waals surface area (Å²) >= 11 is 0. The van der Waals surface area contributed by atoms with Crippen LogP contribution in [-0.4, -0.2) is 41.3 Å². The van der Waals surface area contributed by atoms with Crippen molar-refractivity contribution in [3.8, 4) is 17.2 Å². The van der Waals surface area contributed by atoms with Crippen LogP contribution in [0.1, 0.15) is 17.7 Å². The minimum atomic E-state index is -0.845. The summed E-state index contributed by atoms with van der Waals surface area (Å²) in [7, 11) is 4.88. The highest BCUT2D eigenvalue weighted by Gasteiger charge is 2.31. The monoisotopic (exact) mass is 436 g/mol. The molecule has 1 aliphatic rings. The van der Waals surface area contributed by atoms with Gasteiger partial charge in [0.05, 0.1) is 31.3 Å². The van der Waals surface area contributed by atoms with E-state index in [2.05, 4.69) is 10.5 Å². The van der Waals surface area contributed by atoms with Crippen molar-refractivity contribution < 1.29 is 19.1 Å². The lowest BCUT2D eigenvalue weighted by atomic mass is 10.0. The number of hydrogen-bond acceptors (Lipinski definition) is 6.